The molecular formula is C11H7ClO3. The third-order valence-corrected chi connectivity index (χ3v) is 2.46. The first-order chi connectivity index (χ1) is 7.15. The Labute approximate surface area is 90.6 Å². The molecule has 4 heteroatoms. The Bertz CT molecular complexity index is 562. The minimum absolute atomic E-state index is 0.127. The molecule has 0 aliphatic heterocycles. The van der Waals surface area contributed by atoms with Crippen molar-refractivity contribution in [2.45, 2.75) is 0 Å². The molecule has 0 aliphatic rings. The second-order valence-corrected chi connectivity index (χ2v) is 3.51. The van der Waals surface area contributed by atoms with Gasteiger partial charge in [-0.2, -0.15) is 0 Å². The quantitative estimate of drug-likeness (QED) is 0.725. The molecule has 0 heterocycles. The summed E-state index contributed by atoms with van der Waals surface area (Å²) in [6.45, 7) is 0. The van der Waals surface area contributed by atoms with Gasteiger partial charge in [0.25, 0.3) is 5.43 Å². The first-order valence-corrected chi connectivity index (χ1v) is 4.66. The van der Waals surface area contributed by atoms with Crippen molar-refractivity contribution in [3.63, 3.8) is 0 Å². The van der Waals surface area contributed by atoms with Gasteiger partial charge >= 0.3 is 0 Å². The SMILES string of the molecule is COc1c(-c2ccc(Cl)cc2)c(=O)c1=O. The van der Waals surface area contributed by atoms with Gasteiger partial charge < -0.3 is 4.74 Å². The number of ether oxygens (including phenoxy) is 1. The van der Waals surface area contributed by atoms with Gasteiger partial charge in [0.05, 0.1) is 12.7 Å². The summed E-state index contributed by atoms with van der Waals surface area (Å²) in [6, 6.07) is 6.68. The first-order valence-electron chi connectivity index (χ1n) is 4.28. The van der Waals surface area contributed by atoms with E-state index in [1.807, 2.05) is 0 Å². The molecule has 15 heavy (non-hydrogen) atoms. The molecule has 2 aromatic carbocycles. The van der Waals surface area contributed by atoms with Gasteiger partial charge in [-0.15, -0.1) is 0 Å². The fourth-order valence-electron chi connectivity index (χ4n) is 1.44. The van der Waals surface area contributed by atoms with Crippen molar-refractivity contribution >= 4 is 11.6 Å². The molecule has 0 fully saturated rings. The molecule has 0 spiro atoms. The van der Waals surface area contributed by atoms with Crippen LogP contribution in [0.5, 0.6) is 5.75 Å². The van der Waals surface area contributed by atoms with Crippen LogP contribution in [-0.2, 0) is 0 Å². The van der Waals surface area contributed by atoms with Gasteiger partial charge in [-0.3, -0.25) is 9.59 Å². The number of hydrogen-bond acceptors (Lipinski definition) is 3. The van der Waals surface area contributed by atoms with Crippen molar-refractivity contribution in [1.82, 2.24) is 0 Å². The average Bonchev–Trinajstić information content (AvgIpc) is 2.26. The minimum atomic E-state index is -0.567. The zero-order chi connectivity index (χ0) is 11.0. The van der Waals surface area contributed by atoms with Crippen LogP contribution in [0.2, 0.25) is 5.02 Å². The summed E-state index contributed by atoms with van der Waals surface area (Å²) in [7, 11) is 1.37. The predicted molar refractivity (Wildman–Crippen MR) is 58.4 cm³/mol. The summed E-state index contributed by atoms with van der Waals surface area (Å²) in [4.78, 5) is 22.4. The summed E-state index contributed by atoms with van der Waals surface area (Å²) in [5.74, 6) is 0.127. The van der Waals surface area contributed by atoms with E-state index in [1.54, 1.807) is 24.3 Å². The Morgan fingerprint density at radius 3 is 2.20 bits per heavy atom. The molecule has 0 saturated heterocycles. The van der Waals surface area contributed by atoms with Crippen LogP contribution in [0.3, 0.4) is 0 Å². The average molecular weight is 223 g/mol. The highest BCUT2D eigenvalue weighted by Gasteiger charge is 2.22. The highest BCUT2D eigenvalue weighted by atomic mass is 35.5. The smallest absolute Gasteiger partial charge is 0.268 e. The molecule has 76 valence electrons. The lowest BCUT2D eigenvalue weighted by Gasteiger charge is -2.08. The Hall–Kier alpha value is -1.61. The van der Waals surface area contributed by atoms with E-state index in [-0.39, 0.29) is 5.75 Å². The molecule has 0 saturated carbocycles. The molecule has 0 aliphatic carbocycles. The van der Waals surface area contributed by atoms with Gasteiger partial charge in [-0.05, 0) is 17.7 Å². The molecule has 0 atom stereocenters. The largest absolute Gasteiger partial charge is 0.492 e. The number of rotatable bonds is 2. The maximum atomic E-state index is 11.3. The van der Waals surface area contributed by atoms with Crippen LogP contribution in [-0.4, -0.2) is 7.11 Å². The summed E-state index contributed by atoms with van der Waals surface area (Å²) in [5, 5.41) is 0.580. The summed E-state index contributed by atoms with van der Waals surface area (Å²) in [6.07, 6.45) is 0. The van der Waals surface area contributed by atoms with E-state index >= 15 is 0 Å². The number of hydrogen-bond donors (Lipinski definition) is 0. The van der Waals surface area contributed by atoms with Crippen molar-refractivity contribution in [1.29, 1.82) is 0 Å². The maximum absolute atomic E-state index is 11.3. The molecule has 2 rings (SSSR count). The Morgan fingerprint density at radius 1 is 1.07 bits per heavy atom. The minimum Gasteiger partial charge on any atom is -0.492 e. The van der Waals surface area contributed by atoms with Crippen LogP contribution in [0, 0.1) is 0 Å². The summed E-state index contributed by atoms with van der Waals surface area (Å²) in [5.41, 5.74) is -0.0864. The molecule has 0 N–H and O–H groups in total. The third-order valence-electron chi connectivity index (χ3n) is 2.20. The predicted octanol–water partition coefficient (Wildman–Crippen LogP) is 1.61. The molecule has 0 bridgehead atoms. The van der Waals surface area contributed by atoms with Gasteiger partial charge in [0.15, 0.2) is 5.75 Å². The molecule has 0 amide bonds. The second-order valence-electron chi connectivity index (χ2n) is 3.07. The van der Waals surface area contributed by atoms with Crippen molar-refractivity contribution in [3.05, 3.63) is 49.7 Å². The number of methoxy groups -OCH3 is 1. The Morgan fingerprint density at radius 2 is 1.67 bits per heavy atom. The van der Waals surface area contributed by atoms with Crippen LogP contribution in [0.15, 0.2) is 33.9 Å². The van der Waals surface area contributed by atoms with Gasteiger partial charge in [-0.25, -0.2) is 0 Å². The molecule has 0 aromatic heterocycles. The topological polar surface area (TPSA) is 43.4 Å². The van der Waals surface area contributed by atoms with E-state index in [2.05, 4.69) is 0 Å². The first kappa shape index (κ1) is 9.93. The Balaban J connectivity index is 2.56. The monoisotopic (exact) mass is 222 g/mol. The van der Waals surface area contributed by atoms with Crippen LogP contribution < -0.4 is 15.6 Å². The molecule has 0 radical (unpaired) electrons. The number of benzene rings is 1. The zero-order valence-corrected chi connectivity index (χ0v) is 8.67. The number of halogens is 1. The van der Waals surface area contributed by atoms with Gasteiger partial charge in [0, 0.05) is 5.02 Å². The molecule has 2 aromatic rings. The highest BCUT2D eigenvalue weighted by Crippen LogP contribution is 2.25. The van der Waals surface area contributed by atoms with E-state index in [9.17, 15) is 9.59 Å². The maximum Gasteiger partial charge on any atom is 0.268 e. The lowest BCUT2D eigenvalue weighted by atomic mass is 10.0. The van der Waals surface area contributed by atoms with Crippen LogP contribution in [0.4, 0.5) is 0 Å². The lowest BCUT2D eigenvalue weighted by Crippen LogP contribution is -2.33. The second kappa shape index (κ2) is 3.51. The summed E-state index contributed by atoms with van der Waals surface area (Å²) >= 11 is 5.71. The van der Waals surface area contributed by atoms with Gasteiger partial charge in [0.2, 0.25) is 5.43 Å². The fraction of sp³-hybridized carbons (Fsp3) is 0.0909. The Kier molecular flexibility index (Phi) is 2.32. The van der Waals surface area contributed by atoms with Gasteiger partial charge in [0.1, 0.15) is 0 Å². The van der Waals surface area contributed by atoms with E-state index in [0.29, 0.717) is 16.1 Å². The molecular weight excluding hydrogens is 216 g/mol. The van der Waals surface area contributed by atoms with Crippen LogP contribution in [0.25, 0.3) is 11.1 Å². The molecule has 3 nitrogen and oxygen atoms in total. The molecule has 0 unspecified atom stereocenters. The lowest BCUT2D eigenvalue weighted by molar-refractivity contribution is 0.407. The van der Waals surface area contributed by atoms with E-state index < -0.39 is 10.9 Å². The summed E-state index contributed by atoms with van der Waals surface area (Å²) < 4.78 is 4.84. The fourth-order valence-corrected chi connectivity index (χ4v) is 1.57. The van der Waals surface area contributed by atoms with Gasteiger partial charge in [-0.1, -0.05) is 23.7 Å². The van der Waals surface area contributed by atoms with Crippen molar-refractivity contribution in [3.8, 4) is 16.9 Å². The van der Waals surface area contributed by atoms with Crippen molar-refractivity contribution < 1.29 is 4.74 Å². The van der Waals surface area contributed by atoms with Crippen molar-refractivity contribution in [2.24, 2.45) is 0 Å². The zero-order valence-electron chi connectivity index (χ0n) is 7.91. The highest BCUT2D eigenvalue weighted by molar-refractivity contribution is 6.30. The standard InChI is InChI=1S/C11H7ClO3/c1-15-11-8(9(13)10(11)14)6-2-4-7(12)5-3-6/h2-5H,1H3. The van der Waals surface area contributed by atoms with E-state index in [4.69, 9.17) is 16.3 Å². The van der Waals surface area contributed by atoms with Crippen molar-refractivity contribution in [2.75, 3.05) is 7.11 Å². The normalized spacial score (nSPS) is 10.5. The van der Waals surface area contributed by atoms with Crippen LogP contribution >= 0.6 is 11.6 Å². The third kappa shape index (κ3) is 1.45. The van der Waals surface area contributed by atoms with E-state index in [0.717, 1.165) is 0 Å². The van der Waals surface area contributed by atoms with Crippen LogP contribution in [0.1, 0.15) is 0 Å². The van der Waals surface area contributed by atoms with E-state index in [1.165, 1.54) is 7.11 Å².